The molecule has 0 bridgehead atoms. The van der Waals surface area contributed by atoms with Gasteiger partial charge in [-0.1, -0.05) is 48.7 Å². The van der Waals surface area contributed by atoms with Crippen LogP contribution in [-0.4, -0.2) is 18.5 Å². The van der Waals surface area contributed by atoms with Crippen LogP contribution in [0.25, 0.3) is 0 Å². The number of alkyl halides is 1. The number of hydrogen-bond donors (Lipinski definition) is 0. The fourth-order valence-electron chi connectivity index (χ4n) is 1.86. The Kier molecular flexibility index (Phi) is 8.59. The van der Waals surface area contributed by atoms with Crippen molar-refractivity contribution in [2.75, 3.05) is 18.5 Å². The van der Waals surface area contributed by atoms with Gasteiger partial charge in [0, 0.05) is 10.7 Å². The van der Waals surface area contributed by atoms with E-state index in [0.717, 1.165) is 11.9 Å². The van der Waals surface area contributed by atoms with E-state index in [1.807, 2.05) is 6.08 Å². The first kappa shape index (κ1) is 14.2. The zero-order chi connectivity index (χ0) is 10.9. The number of ether oxygens (including phenoxy) is 1. The molecule has 84 valence electrons. The van der Waals surface area contributed by atoms with Crippen LogP contribution in [0, 0.1) is 5.41 Å². The Balaban J connectivity index is 4.09. The molecule has 0 atom stereocenters. The first-order valence-electron chi connectivity index (χ1n) is 5.49. The van der Waals surface area contributed by atoms with Crippen LogP contribution in [0.5, 0.6) is 0 Å². The highest BCUT2D eigenvalue weighted by molar-refractivity contribution is 9.09. The molecule has 0 radical (unpaired) electrons. The van der Waals surface area contributed by atoms with E-state index in [9.17, 15) is 0 Å². The summed E-state index contributed by atoms with van der Waals surface area (Å²) in [7, 11) is 0. The molecule has 0 spiro atoms. The number of halogens is 1. The normalized spacial score (nSPS) is 11.6. The van der Waals surface area contributed by atoms with E-state index in [1.54, 1.807) is 0 Å². The summed E-state index contributed by atoms with van der Waals surface area (Å²) in [6, 6.07) is 0. The quantitative estimate of drug-likeness (QED) is 0.344. The Bertz CT molecular complexity index is 139. The lowest BCUT2D eigenvalue weighted by Crippen LogP contribution is -2.28. The molecule has 0 aromatic rings. The maximum absolute atomic E-state index is 5.60. The highest BCUT2D eigenvalue weighted by Gasteiger charge is 2.27. The summed E-state index contributed by atoms with van der Waals surface area (Å²) in [6.45, 7) is 9.66. The maximum Gasteiger partial charge on any atom is 0.0645 e. The number of hydrogen-bond acceptors (Lipinski definition) is 1. The maximum atomic E-state index is 5.60. The molecular formula is C12H23BrO. The van der Waals surface area contributed by atoms with E-state index < -0.39 is 0 Å². The monoisotopic (exact) mass is 262 g/mol. The van der Waals surface area contributed by atoms with E-state index in [-0.39, 0.29) is 0 Å². The van der Waals surface area contributed by atoms with Crippen molar-refractivity contribution < 1.29 is 4.74 Å². The van der Waals surface area contributed by atoms with E-state index in [4.69, 9.17) is 4.74 Å². The van der Waals surface area contributed by atoms with Crippen molar-refractivity contribution in [3.63, 3.8) is 0 Å². The van der Waals surface area contributed by atoms with Gasteiger partial charge < -0.3 is 4.74 Å². The summed E-state index contributed by atoms with van der Waals surface area (Å²) in [5, 5.41) is 1.04. The summed E-state index contributed by atoms with van der Waals surface area (Å²) in [4.78, 5) is 0. The third-order valence-corrected chi connectivity index (χ3v) is 3.68. The van der Waals surface area contributed by atoms with Gasteiger partial charge in [-0.05, 0) is 12.8 Å². The molecule has 1 nitrogen and oxygen atoms in total. The molecule has 0 aromatic carbocycles. The van der Waals surface area contributed by atoms with Gasteiger partial charge in [0.15, 0.2) is 0 Å². The van der Waals surface area contributed by atoms with E-state index in [2.05, 4.69) is 36.4 Å². The summed E-state index contributed by atoms with van der Waals surface area (Å²) < 4.78 is 5.60. The largest absolute Gasteiger partial charge is 0.377 e. The van der Waals surface area contributed by atoms with Crippen LogP contribution in [0.15, 0.2) is 12.7 Å². The summed E-state index contributed by atoms with van der Waals surface area (Å²) in [6.07, 6.45) is 6.75. The van der Waals surface area contributed by atoms with E-state index in [1.165, 1.54) is 25.7 Å². The zero-order valence-electron chi connectivity index (χ0n) is 9.52. The molecular weight excluding hydrogens is 240 g/mol. The van der Waals surface area contributed by atoms with Crippen LogP contribution >= 0.6 is 15.9 Å². The Labute approximate surface area is 97.0 Å². The van der Waals surface area contributed by atoms with Crippen molar-refractivity contribution >= 4 is 15.9 Å². The highest BCUT2D eigenvalue weighted by Crippen LogP contribution is 2.32. The lowest BCUT2D eigenvalue weighted by molar-refractivity contribution is 0.0615. The lowest BCUT2D eigenvalue weighted by atomic mass is 9.82. The molecule has 2 heteroatoms. The fourth-order valence-corrected chi connectivity index (χ4v) is 2.58. The lowest BCUT2D eigenvalue weighted by Gasteiger charge is -2.31. The van der Waals surface area contributed by atoms with Gasteiger partial charge in [0.25, 0.3) is 0 Å². The van der Waals surface area contributed by atoms with Crippen molar-refractivity contribution in [1.82, 2.24) is 0 Å². The van der Waals surface area contributed by atoms with Crippen molar-refractivity contribution in [2.24, 2.45) is 5.41 Å². The third-order valence-electron chi connectivity index (χ3n) is 2.49. The minimum atomic E-state index is 0.340. The topological polar surface area (TPSA) is 9.23 Å². The first-order valence-corrected chi connectivity index (χ1v) is 6.61. The molecule has 0 aromatic heterocycles. The molecule has 0 rings (SSSR count). The van der Waals surface area contributed by atoms with Gasteiger partial charge in [0.1, 0.15) is 0 Å². The molecule has 0 saturated carbocycles. The minimum Gasteiger partial charge on any atom is -0.377 e. The molecule has 0 saturated heterocycles. The van der Waals surface area contributed by atoms with Gasteiger partial charge in [-0.2, -0.15) is 0 Å². The van der Waals surface area contributed by atoms with Gasteiger partial charge in [0.05, 0.1) is 13.2 Å². The smallest absolute Gasteiger partial charge is 0.0645 e. The van der Waals surface area contributed by atoms with Crippen LogP contribution in [0.2, 0.25) is 0 Å². The van der Waals surface area contributed by atoms with Crippen LogP contribution in [-0.2, 0) is 4.74 Å². The molecule has 0 unspecified atom stereocenters. The Morgan fingerprint density at radius 2 is 1.86 bits per heavy atom. The molecule has 0 heterocycles. The van der Waals surface area contributed by atoms with Crippen molar-refractivity contribution in [3.05, 3.63) is 12.7 Å². The predicted octanol–water partition coefficient (Wildman–Crippen LogP) is 4.17. The van der Waals surface area contributed by atoms with Gasteiger partial charge >= 0.3 is 0 Å². The predicted molar refractivity (Wildman–Crippen MR) is 67.1 cm³/mol. The molecule has 0 amide bonds. The Morgan fingerprint density at radius 3 is 2.21 bits per heavy atom. The van der Waals surface area contributed by atoms with Crippen molar-refractivity contribution in [3.8, 4) is 0 Å². The molecule has 14 heavy (non-hydrogen) atoms. The average Bonchev–Trinajstić information content (AvgIpc) is 2.19. The Hall–Kier alpha value is 0.180. The van der Waals surface area contributed by atoms with Crippen LogP contribution in [0.4, 0.5) is 0 Å². The summed E-state index contributed by atoms with van der Waals surface area (Å²) >= 11 is 3.62. The van der Waals surface area contributed by atoms with Gasteiger partial charge in [-0.3, -0.25) is 0 Å². The fraction of sp³-hybridized carbons (Fsp3) is 0.833. The van der Waals surface area contributed by atoms with Gasteiger partial charge in [-0.25, -0.2) is 0 Å². The zero-order valence-corrected chi connectivity index (χ0v) is 11.1. The van der Waals surface area contributed by atoms with Crippen molar-refractivity contribution in [1.29, 1.82) is 0 Å². The molecule has 0 fully saturated rings. The van der Waals surface area contributed by atoms with E-state index >= 15 is 0 Å². The van der Waals surface area contributed by atoms with Crippen molar-refractivity contribution in [2.45, 2.75) is 39.5 Å². The standard InChI is InChI=1S/C12H23BrO/c1-4-7-12(10-13,8-5-2)11-14-9-6-3/h6H,3-5,7-11H2,1-2H3. The summed E-state index contributed by atoms with van der Waals surface area (Å²) in [5.74, 6) is 0. The molecule has 0 aliphatic rings. The number of rotatable bonds is 9. The highest BCUT2D eigenvalue weighted by atomic mass is 79.9. The minimum absolute atomic E-state index is 0.340. The molecule has 0 N–H and O–H groups in total. The summed E-state index contributed by atoms with van der Waals surface area (Å²) in [5.41, 5.74) is 0.340. The molecule has 0 aliphatic heterocycles. The molecule has 0 aliphatic carbocycles. The second kappa shape index (κ2) is 8.49. The first-order chi connectivity index (χ1) is 6.74. The van der Waals surface area contributed by atoms with Crippen LogP contribution in [0.1, 0.15) is 39.5 Å². The van der Waals surface area contributed by atoms with E-state index in [0.29, 0.717) is 12.0 Å². The van der Waals surface area contributed by atoms with Gasteiger partial charge in [0.2, 0.25) is 0 Å². The second-order valence-electron chi connectivity index (χ2n) is 3.94. The van der Waals surface area contributed by atoms with Crippen LogP contribution in [0.3, 0.4) is 0 Å². The average molecular weight is 263 g/mol. The van der Waals surface area contributed by atoms with Crippen LogP contribution < -0.4 is 0 Å². The SMILES string of the molecule is C=CCOCC(CBr)(CCC)CCC. The second-order valence-corrected chi connectivity index (χ2v) is 4.50. The Morgan fingerprint density at radius 1 is 1.29 bits per heavy atom. The van der Waals surface area contributed by atoms with Gasteiger partial charge in [-0.15, -0.1) is 6.58 Å². The third kappa shape index (κ3) is 5.16.